The van der Waals surface area contributed by atoms with Gasteiger partial charge in [0.25, 0.3) is 0 Å². The van der Waals surface area contributed by atoms with E-state index in [2.05, 4.69) is 4.74 Å². The van der Waals surface area contributed by atoms with E-state index in [0.29, 0.717) is 12.1 Å². The van der Waals surface area contributed by atoms with Crippen molar-refractivity contribution in [2.75, 3.05) is 11.4 Å². The lowest BCUT2D eigenvalue weighted by Gasteiger charge is -2.22. The highest BCUT2D eigenvalue weighted by Gasteiger charge is 2.35. The van der Waals surface area contributed by atoms with Gasteiger partial charge in [0.2, 0.25) is 5.82 Å². The molecule has 0 saturated carbocycles. The van der Waals surface area contributed by atoms with Crippen LogP contribution in [-0.4, -0.2) is 20.1 Å². The van der Waals surface area contributed by atoms with Crippen molar-refractivity contribution < 1.29 is 44.0 Å². The molecule has 0 radical (unpaired) electrons. The summed E-state index contributed by atoms with van der Waals surface area (Å²) >= 11 is 0. The summed E-state index contributed by atoms with van der Waals surface area (Å²) in [6, 6.07) is 1.88. The Morgan fingerprint density at radius 1 is 0.920 bits per heavy atom. The lowest BCUT2D eigenvalue weighted by atomic mass is 10.2. The molecular weight excluding hydrogens is 380 g/mol. The van der Waals surface area contributed by atoms with Crippen LogP contribution in [0, 0.1) is 34.9 Å². The van der Waals surface area contributed by atoms with Gasteiger partial charge in [-0.25, -0.2) is 30.6 Å². The Hall–Kier alpha value is -2.47. The highest BCUT2D eigenvalue weighted by Crippen LogP contribution is 2.37. The molecule has 0 aromatic heterocycles. The molecule has 1 N–H and O–H groups in total. The maximum atomic E-state index is 13.9. The lowest BCUT2D eigenvalue weighted by molar-refractivity contribution is 0.380. The van der Waals surface area contributed by atoms with Crippen molar-refractivity contribution in [1.29, 1.82) is 0 Å². The van der Waals surface area contributed by atoms with Gasteiger partial charge in [-0.1, -0.05) is 0 Å². The molecule has 136 valence electrons. The van der Waals surface area contributed by atoms with Crippen molar-refractivity contribution >= 4 is 21.7 Å². The largest absolute Gasteiger partial charge is 0.494 e. The van der Waals surface area contributed by atoms with Gasteiger partial charge in [-0.3, -0.25) is 4.55 Å². The number of ether oxygens (including phenoxy) is 1. The molecule has 0 fully saturated rings. The first-order valence-electron chi connectivity index (χ1n) is 6.13. The number of anilines is 2. The van der Waals surface area contributed by atoms with E-state index in [1.54, 1.807) is 0 Å². The molecule has 2 aromatic carbocycles. The topological polar surface area (TPSA) is 66.8 Å². The van der Waals surface area contributed by atoms with Crippen LogP contribution < -0.4 is 9.04 Å². The lowest BCUT2D eigenvalue weighted by Crippen LogP contribution is -2.28. The number of methoxy groups -OCH3 is 1. The fourth-order valence-corrected chi connectivity index (χ4v) is 2.70. The van der Waals surface area contributed by atoms with E-state index in [1.165, 1.54) is 0 Å². The zero-order valence-electron chi connectivity index (χ0n) is 12.0. The van der Waals surface area contributed by atoms with E-state index in [-0.39, 0.29) is 0 Å². The molecule has 0 aliphatic rings. The fraction of sp³-hybridized carbons (Fsp3) is 0.0769. The number of nitrogens with zero attached hydrogens (tertiary/aromatic N) is 1. The number of halogens is 6. The first-order valence-corrected chi connectivity index (χ1v) is 7.53. The highest BCUT2D eigenvalue weighted by atomic mass is 32.2. The van der Waals surface area contributed by atoms with Gasteiger partial charge in [0.05, 0.1) is 12.8 Å². The minimum atomic E-state index is -5.61. The first kappa shape index (κ1) is 18.9. The van der Waals surface area contributed by atoms with E-state index in [9.17, 15) is 39.3 Å². The molecule has 0 aliphatic carbocycles. The molecule has 0 bridgehead atoms. The molecule has 2 rings (SSSR count). The average Bonchev–Trinajstić information content (AvgIpc) is 2.54. The van der Waals surface area contributed by atoms with Crippen molar-refractivity contribution in [2.45, 2.75) is 0 Å². The van der Waals surface area contributed by atoms with Gasteiger partial charge >= 0.3 is 10.3 Å². The summed E-state index contributed by atoms with van der Waals surface area (Å²) in [6.07, 6.45) is 0. The second kappa shape index (κ2) is 6.44. The van der Waals surface area contributed by atoms with Gasteiger partial charge in [-0.2, -0.15) is 8.42 Å². The normalized spacial score (nSPS) is 11.5. The number of benzene rings is 2. The van der Waals surface area contributed by atoms with Crippen molar-refractivity contribution in [1.82, 2.24) is 0 Å². The van der Waals surface area contributed by atoms with E-state index in [1.807, 2.05) is 0 Å². The Labute approximate surface area is 136 Å². The maximum absolute atomic E-state index is 13.9. The van der Waals surface area contributed by atoms with Crippen LogP contribution in [0.15, 0.2) is 18.2 Å². The summed E-state index contributed by atoms with van der Waals surface area (Å²) in [6.45, 7) is 0. The van der Waals surface area contributed by atoms with Crippen LogP contribution in [0.2, 0.25) is 0 Å². The van der Waals surface area contributed by atoms with Crippen molar-refractivity contribution in [3.63, 3.8) is 0 Å². The van der Waals surface area contributed by atoms with E-state index in [0.717, 1.165) is 13.2 Å². The standard InChI is InChI=1S/C13H7F6NO4S/c1-24-7-3-2-5(4-6(7)14)20(25(21,22)23)13-11(18)9(16)8(15)10(17)12(13)19/h2-4H,1H3,(H,21,22,23). The van der Waals surface area contributed by atoms with Gasteiger partial charge in [-0.05, 0) is 12.1 Å². The van der Waals surface area contributed by atoms with E-state index < -0.39 is 66.6 Å². The Morgan fingerprint density at radius 2 is 1.40 bits per heavy atom. The van der Waals surface area contributed by atoms with Crippen LogP contribution in [0.3, 0.4) is 0 Å². The predicted molar refractivity (Wildman–Crippen MR) is 72.9 cm³/mol. The minimum Gasteiger partial charge on any atom is -0.494 e. The fourth-order valence-electron chi connectivity index (χ4n) is 1.93. The van der Waals surface area contributed by atoms with Gasteiger partial charge in [0.15, 0.2) is 34.8 Å². The molecule has 0 amide bonds. The second-order valence-corrected chi connectivity index (χ2v) is 5.74. The smallest absolute Gasteiger partial charge is 0.364 e. The summed E-state index contributed by atoms with van der Waals surface area (Å²) in [5.41, 5.74) is -2.94. The summed E-state index contributed by atoms with van der Waals surface area (Å²) in [5, 5.41) is 0. The SMILES string of the molecule is COc1ccc(N(c2c(F)c(F)c(F)c(F)c2F)S(=O)(=O)O)cc1F. The zero-order valence-corrected chi connectivity index (χ0v) is 12.8. The van der Waals surface area contributed by atoms with Crippen LogP contribution in [0.1, 0.15) is 0 Å². The van der Waals surface area contributed by atoms with Crippen LogP contribution >= 0.6 is 0 Å². The molecule has 2 aromatic rings. The Morgan fingerprint density at radius 3 is 1.80 bits per heavy atom. The van der Waals surface area contributed by atoms with Gasteiger partial charge in [-0.15, -0.1) is 0 Å². The second-order valence-electron chi connectivity index (χ2n) is 4.48. The molecular formula is C13H7F6NO4S. The number of rotatable bonds is 4. The number of hydrogen-bond acceptors (Lipinski definition) is 3. The van der Waals surface area contributed by atoms with Crippen LogP contribution in [0.25, 0.3) is 0 Å². The maximum Gasteiger partial charge on any atom is 0.364 e. The van der Waals surface area contributed by atoms with E-state index in [4.69, 9.17) is 0 Å². The molecule has 0 heterocycles. The van der Waals surface area contributed by atoms with E-state index >= 15 is 0 Å². The third-order valence-corrected chi connectivity index (χ3v) is 3.85. The number of hydrogen-bond donors (Lipinski definition) is 1. The van der Waals surface area contributed by atoms with Gasteiger partial charge in [0.1, 0.15) is 5.69 Å². The van der Waals surface area contributed by atoms with Crippen molar-refractivity contribution in [2.24, 2.45) is 0 Å². The third kappa shape index (κ3) is 3.22. The zero-order chi connectivity index (χ0) is 19.1. The van der Waals surface area contributed by atoms with Crippen LogP contribution in [0.5, 0.6) is 5.75 Å². The summed E-state index contributed by atoms with van der Waals surface area (Å²) in [7, 11) is -4.55. The Balaban J connectivity index is 2.85. The highest BCUT2D eigenvalue weighted by molar-refractivity contribution is 7.87. The first-order chi connectivity index (χ1) is 11.5. The monoisotopic (exact) mass is 387 g/mol. The van der Waals surface area contributed by atoms with Crippen molar-refractivity contribution in [3.05, 3.63) is 53.1 Å². The molecule has 0 saturated heterocycles. The summed E-state index contributed by atoms with van der Waals surface area (Å²) in [4.78, 5) is 0. The van der Waals surface area contributed by atoms with Gasteiger partial charge < -0.3 is 4.74 Å². The van der Waals surface area contributed by atoms with Crippen LogP contribution in [0.4, 0.5) is 37.7 Å². The third-order valence-electron chi connectivity index (χ3n) is 2.99. The molecule has 5 nitrogen and oxygen atoms in total. The predicted octanol–water partition coefficient (Wildman–Crippen LogP) is 3.47. The molecule has 0 aliphatic heterocycles. The van der Waals surface area contributed by atoms with Crippen molar-refractivity contribution in [3.8, 4) is 5.75 Å². The molecule has 0 atom stereocenters. The minimum absolute atomic E-state index is 0.352. The summed E-state index contributed by atoms with van der Waals surface area (Å²) < 4.78 is 117. The van der Waals surface area contributed by atoms with Gasteiger partial charge in [0, 0.05) is 6.07 Å². The molecule has 0 unspecified atom stereocenters. The summed E-state index contributed by atoms with van der Waals surface area (Å²) in [5.74, 6) is -14.1. The molecule has 0 spiro atoms. The van der Waals surface area contributed by atoms with Crippen LogP contribution in [-0.2, 0) is 10.3 Å². The average molecular weight is 387 g/mol. The Bertz CT molecular complexity index is 921. The molecule has 25 heavy (non-hydrogen) atoms. The molecule has 12 heteroatoms. The quantitative estimate of drug-likeness (QED) is 0.378. The Kier molecular flexibility index (Phi) is 4.86.